The summed E-state index contributed by atoms with van der Waals surface area (Å²) < 4.78 is 2.32. The van der Waals surface area contributed by atoms with Crippen LogP contribution in [0.5, 0.6) is 0 Å². The molecule has 0 aromatic rings. The maximum Gasteiger partial charge on any atom is 0.243 e. The molecular formula is C8H17N2+. The third kappa shape index (κ3) is 0.825. The summed E-state index contributed by atoms with van der Waals surface area (Å²) in [5, 5.41) is 0. The summed E-state index contributed by atoms with van der Waals surface area (Å²) >= 11 is 0. The van der Waals surface area contributed by atoms with Crippen LogP contribution in [0, 0.1) is 0 Å². The van der Waals surface area contributed by atoms with E-state index in [1.54, 1.807) is 0 Å². The Morgan fingerprint density at radius 1 is 1.40 bits per heavy atom. The van der Waals surface area contributed by atoms with Gasteiger partial charge in [0.2, 0.25) is 5.84 Å². The highest BCUT2D eigenvalue weighted by Gasteiger charge is 2.35. The lowest BCUT2D eigenvalue weighted by Gasteiger charge is -2.11. The molecule has 0 N–H and O–H groups in total. The minimum atomic E-state index is 0.657. The zero-order chi connectivity index (χ0) is 7.89. The topological polar surface area (TPSA) is 6.25 Å². The maximum atomic E-state index is 2.32. The van der Waals surface area contributed by atoms with E-state index >= 15 is 0 Å². The first-order valence-corrected chi connectivity index (χ1v) is 3.85. The lowest BCUT2D eigenvalue weighted by Crippen LogP contribution is -2.32. The van der Waals surface area contributed by atoms with Crippen molar-refractivity contribution in [3.05, 3.63) is 0 Å². The summed E-state index contributed by atoms with van der Waals surface area (Å²) in [7, 11) is 4.31. The Balaban J connectivity index is 2.88. The van der Waals surface area contributed by atoms with Gasteiger partial charge >= 0.3 is 0 Å². The van der Waals surface area contributed by atoms with Crippen LogP contribution in [0.3, 0.4) is 0 Å². The average molecular weight is 141 g/mol. The van der Waals surface area contributed by atoms with Gasteiger partial charge in [-0.3, -0.25) is 9.48 Å². The standard InChI is InChI=1S/C8H17N2/c1-6-7(2)10(5)8(3)9(6)4/h6-7H,1-5H3/q+1. The molecule has 0 aliphatic carbocycles. The molecule has 0 radical (unpaired) electrons. The fourth-order valence-electron chi connectivity index (χ4n) is 1.49. The van der Waals surface area contributed by atoms with Crippen LogP contribution in [0.4, 0.5) is 0 Å². The van der Waals surface area contributed by atoms with Crippen LogP contribution in [0.25, 0.3) is 0 Å². The highest BCUT2D eigenvalue weighted by Crippen LogP contribution is 2.12. The molecule has 0 saturated heterocycles. The summed E-state index contributed by atoms with van der Waals surface area (Å²) in [6.07, 6.45) is 0. The number of nitrogens with zero attached hydrogens (tertiary/aromatic N) is 2. The predicted molar refractivity (Wildman–Crippen MR) is 43.6 cm³/mol. The molecule has 1 heterocycles. The molecule has 1 rings (SSSR count). The van der Waals surface area contributed by atoms with Gasteiger partial charge in [0.1, 0.15) is 12.1 Å². The monoisotopic (exact) mass is 141 g/mol. The molecule has 0 saturated carbocycles. The fourth-order valence-corrected chi connectivity index (χ4v) is 1.49. The van der Waals surface area contributed by atoms with Crippen molar-refractivity contribution in [3.8, 4) is 0 Å². The van der Waals surface area contributed by atoms with E-state index < -0.39 is 0 Å². The first-order chi connectivity index (χ1) is 4.55. The molecule has 0 spiro atoms. The number of likely N-dealkylation sites (N-methyl/N-ethyl adjacent to an activating group) is 2. The number of rotatable bonds is 0. The number of amidine groups is 1. The van der Waals surface area contributed by atoms with Crippen molar-refractivity contribution in [1.29, 1.82) is 0 Å². The van der Waals surface area contributed by atoms with Gasteiger partial charge in [-0.2, -0.15) is 0 Å². The van der Waals surface area contributed by atoms with Crippen LogP contribution in [0.1, 0.15) is 20.8 Å². The van der Waals surface area contributed by atoms with Crippen LogP contribution in [-0.4, -0.2) is 41.5 Å². The van der Waals surface area contributed by atoms with Crippen molar-refractivity contribution >= 4 is 5.84 Å². The van der Waals surface area contributed by atoms with Gasteiger partial charge in [-0.15, -0.1) is 0 Å². The van der Waals surface area contributed by atoms with E-state index in [-0.39, 0.29) is 0 Å². The predicted octanol–water partition coefficient (Wildman–Crippen LogP) is 0.770. The second-order valence-electron chi connectivity index (χ2n) is 3.25. The van der Waals surface area contributed by atoms with Gasteiger partial charge in [-0.25, -0.2) is 0 Å². The van der Waals surface area contributed by atoms with Crippen molar-refractivity contribution in [3.63, 3.8) is 0 Å². The van der Waals surface area contributed by atoms with Gasteiger partial charge < -0.3 is 0 Å². The third-order valence-corrected chi connectivity index (χ3v) is 2.94. The van der Waals surface area contributed by atoms with Crippen LogP contribution in [0.15, 0.2) is 0 Å². The summed E-state index contributed by atoms with van der Waals surface area (Å²) in [5.41, 5.74) is 0. The molecule has 58 valence electrons. The Morgan fingerprint density at radius 3 is 2.00 bits per heavy atom. The van der Waals surface area contributed by atoms with Gasteiger partial charge in [0.15, 0.2) is 0 Å². The SMILES string of the molecule is CC1=[N+](C)C(C)C(C)N1C. The molecule has 0 amide bonds. The Labute approximate surface area is 63.2 Å². The Morgan fingerprint density at radius 2 is 1.90 bits per heavy atom. The van der Waals surface area contributed by atoms with Crippen LogP contribution >= 0.6 is 0 Å². The van der Waals surface area contributed by atoms with E-state index in [1.807, 2.05) is 0 Å². The summed E-state index contributed by atoms with van der Waals surface area (Å²) in [4.78, 5) is 2.32. The molecule has 0 bridgehead atoms. The molecule has 0 aromatic carbocycles. The molecule has 2 nitrogen and oxygen atoms in total. The Kier molecular flexibility index (Phi) is 1.71. The number of hydrogen-bond donors (Lipinski definition) is 0. The molecular weight excluding hydrogens is 124 g/mol. The van der Waals surface area contributed by atoms with Gasteiger partial charge in [-0.1, -0.05) is 0 Å². The van der Waals surface area contributed by atoms with E-state index in [0.29, 0.717) is 12.1 Å². The second-order valence-corrected chi connectivity index (χ2v) is 3.25. The number of hydrogen-bond acceptors (Lipinski definition) is 1. The van der Waals surface area contributed by atoms with Crippen LogP contribution in [0.2, 0.25) is 0 Å². The fraction of sp³-hybridized carbons (Fsp3) is 0.875. The first kappa shape index (κ1) is 7.58. The van der Waals surface area contributed by atoms with E-state index in [4.69, 9.17) is 0 Å². The van der Waals surface area contributed by atoms with E-state index in [0.717, 1.165) is 0 Å². The first-order valence-electron chi connectivity index (χ1n) is 3.85. The largest absolute Gasteiger partial charge is 0.262 e. The minimum absolute atomic E-state index is 0.657. The molecule has 10 heavy (non-hydrogen) atoms. The Hall–Kier alpha value is -0.530. The molecule has 2 heteroatoms. The van der Waals surface area contributed by atoms with Gasteiger partial charge in [0.25, 0.3) is 0 Å². The molecule has 1 aliphatic rings. The minimum Gasteiger partial charge on any atom is -0.262 e. The second kappa shape index (κ2) is 2.26. The summed E-state index contributed by atoms with van der Waals surface area (Å²) in [6.45, 7) is 6.69. The lowest BCUT2D eigenvalue weighted by atomic mass is 10.2. The Bertz CT molecular complexity index is 154. The highest BCUT2D eigenvalue weighted by atomic mass is 15.3. The zero-order valence-electron chi connectivity index (χ0n) is 7.55. The van der Waals surface area contributed by atoms with Crippen molar-refractivity contribution in [2.75, 3.05) is 14.1 Å². The van der Waals surface area contributed by atoms with Crippen LogP contribution < -0.4 is 0 Å². The van der Waals surface area contributed by atoms with Gasteiger partial charge in [0, 0.05) is 6.92 Å². The van der Waals surface area contributed by atoms with Gasteiger partial charge in [-0.05, 0) is 13.8 Å². The zero-order valence-corrected chi connectivity index (χ0v) is 7.55. The van der Waals surface area contributed by atoms with E-state index in [9.17, 15) is 0 Å². The molecule has 1 aliphatic heterocycles. The van der Waals surface area contributed by atoms with Crippen molar-refractivity contribution in [1.82, 2.24) is 4.90 Å². The molecule has 2 atom stereocenters. The van der Waals surface area contributed by atoms with Crippen molar-refractivity contribution in [2.45, 2.75) is 32.9 Å². The summed E-state index contributed by atoms with van der Waals surface area (Å²) in [5.74, 6) is 1.38. The van der Waals surface area contributed by atoms with E-state index in [1.165, 1.54) is 5.84 Å². The smallest absolute Gasteiger partial charge is 0.243 e. The van der Waals surface area contributed by atoms with Gasteiger partial charge in [0.05, 0.1) is 14.1 Å². The van der Waals surface area contributed by atoms with E-state index in [2.05, 4.69) is 44.3 Å². The van der Waals surface area contributed by atoms with Crippen molar-refractivity contribution < 1.29 is 4.58 Å². The normalized spacial score (nSPS) is 33.9. The maximum absolute atomic E-state index is 2.32. The third-order valence-electron chi connectivity index (χ3n) is 2.94. The molecule has 0 fully saturated rings. The molecule has 2 unspecified atom stereocenters. The molecule has 0 aromatic heterocycles. The summed E-state index contributed by atoms with van der Waals surface area (Å²) in [6, 6.07) is 1.31. The lowest BCUT2D eigenvalue weighted by molar-refractivity contribution is -0.527. The van der Waals surface area contributed by atoms with Crippen LogP contribution in [-0.2, 0) is 0 Å². The van der Waals surface area contributed by atoms with Crippen molar-refractivity contribution in [2.24, 2.45) is 0 Å². The quantitative estimate of drug-likeness (QED) is 0.452. The average Bonchev–Trinajstić information content (AvgIpc) is 2.07. The highest BCUT2D eigenvalue weighted by molar-refractivity contribution is 5.75.